The highest BCUT2D eigenvalue weighted by Crippen LogP contribution is 2.23. The number of benzene rings is 3. The lowest BCUT2D eigenvalue weighted by molar-refractivity contribution is -0.141. The van der Waals surface area contributed by atoms with Gasteiger partial charge in [-0.25, -0.2) is 17.2 Å². The number of hydrogen-bond acceptors (Lipinski definition) is 4. The summed E-state index contributed by atoms with van der Waals surface area (Å²) < 4.78 is 53.3. The normalized spacial score (nSPS) is 12.8. The minimum atomic E-state index is -3.87. The summed E-state index contributed by atoms with van der Waals surface area (Å²) in [4.78, 5) is 28.9. The summed E-state index contributed by atoms with van der Waals surface area (Å²) in [6.45, 7) is 3.79. The van der Waals surface area contributed by atoms with E-state index in [9.17, 15) is 26.8 Å². The average Bonchev–Trinajstić information content (AvgIpc) is 2.94. The largest absolute Gasteiger partial charge is 0.352 e. The summed E-state index contributed by atoms with van der Waals surface area (Å²) >= 11 is 6.21. The van der Waals surface area contributed by atoms with Crippen LogP contribution >= 0.6 is 11.6 Å². The van der Waals surface area contributed by atoms with Crippen molar-refractivity contribution in [2.45, 2.75) is 58.2 Å². The molecule has 2 amide bonds. The number of anilines is 1. The van der Waals surface area contributed by atoms with Gasteiger partial charge in [0.2, 0.25) is 21.8 Å². The minimum Gasteiger partial charge on any atom is -0.352 e. The molecule has 0 aliphatic heterocycles. The molecule has 0 fully saturated rings. The molecule has 0 heterocycles. The van der Waals surface area contributed by atoms with Crippen molar-refractivity contribution in [2.24, 2.45) is 0 Å². The zero-order valence-electron chi connectivity index (χ0n) is 23.9. The number of rotatable bonds is 14. The molecule has 0 bridgehead atoms. The second-order valence-corrected chi connectivity index (χ2v) is 12.6. The summed E-state index contributed by atoms with van der Waals surface area (Å²) in [5, 5.41) is 3.48. The van der Waals surface area contributed by atoms with E-state index in [-0.39, 0.29) is 55.9 Å². The third kappa shape index (κ3) is 9.52. The van der Waals surface area contributed by atoms with Crippen LogP contribution in [0.25, 0.3) is 0 Å². The Morgan fingerprint density at radius 3 is 2.26 bits per heavy atom. The average molecular weight is 620 g/mol. The molecule has 0 saturated carbocycles. The highest BCUT2D eigenvalue weighted by Gasteiger charge is 2.31. The summed E-state index contributed by atoms with van der Waals surface area (Å²) in [7, 11) is -3.87. The van der Waals surface area contributed by atoms with E-state index in [2.05, 4.69) is 5.32 Å². The van der Waals surface area contributed by atoms with Crippen LogP contribution in [-0.4, -0.2) is 50.0 Å². The topological polar surface area (TPSA) is 86.8 Å². The van der Waals surface area contributed by atoms with Crippen molar-refractivity contribution in [2.75, 3.05) is 17.1 Å². The van der Waals surface area contributed by atoms with Crippen LogP contribution in [0.5, 0.6) is 0 Å². The molecule has 0 aliphatic carbocycles. The molecule has 0 spiro atoms. The number of carbonyl (C=O) groups is 2. The van der Waals surface area contributed by atoms with Gasteiger partial charge in [0, 0.05) is 43.1 Å². The van der Waals surface area contributed by atoms with Crippen LogP contribution in [0.2, 0.25) is 5.02 Å². The Morgan fingerprint density at radius 1 is 0.952 bits per heavy atom. The number of nitrogens with zero attached hydrogens (tertiary/aromatic N) is 2. The zero-order chi connectivity index (χ0) is 30.9. The SMILES string of the molecule is CC[C@H](C)NC(=O)[C@H](Cc1ccccc1)N(Cc1cccc(Cl)c1)C(=O)CCCN(c1ccc(F)c(F)c1)S(C)(=O)=O. The maximum absolute atomic E-state index is 13.9. The summed E-state index contributed by atoms with van der Waals surface area (Å²) in [5.74, 6) is -2.95. The zero-order valence-corrected chi connectivity index (χ0v) is 25.5. The molecule has 0 aliphatic rings. The molecule has 0 unspecified atom stereocenters. The first-order valence-corrected chi connectivity index (χ1v) is 15.9. The number of amides is 2. The van der Waals surface area contributed by atoms with Crippen molar-refractivity contribution in [1.82, 2.24) is 10.2 Å². The van der Waals surface area contributed by atoms with Crippen molar-refractivity contribution in [1.29, 1.82) is 0 Å². The van der Waals surface area contributed by atoms with Gasteiger partial charge in [-0.1, -0.05) is 61.0 Å². The van der Waals surface area contributed by atoms with Gasteiger partial charge in [-0.3, -0.25) is 13.9 Å². The predicted molar refractivity (Wildman–Crippen MR) is 162 cm³/mol. The van der Waals surface area contributed by atoms with Gasteiger partial charge in [0.1, 0.15) is 6.04 Å². The second-order valence-electron chi connectivity index (χ2n) is 10.2. The van der Waals surface area contributed by atoms with Crippen molar-refractivity contribution in [3.05, 3.63) is 101 Å². The van der Waals surface area contributed by atoms with E-state index < -0.39 is 27.7 Å². The molecule has 2 atom stereocenters. The molecule has 7 nitrogen and oxygen atoms in total. The standard InChI is InChI=1S/C31H36ClF2N3O4S/c1-4-22(2)35-31(39)29(19-23-10-6-5-7-11-23)36(21-24-12-8-13-25(32)18-24)30(38)14-9-17-37(42(3,40)41)26-15-16-27(33)28(34)20-26/h5-8,10-13,15-16,18,20,22,29H,4,9,14,17,19,21H2,1-3H3,(H,35,39)/t22-,29-/m0/s1. The number of carbonyl (C=O) groups excluding carboxylic acids is 2. The maximum Gasteiger partial charge on any atom is 0.243 e. The van der Waals surface area contributed by atoms with Gasteiger partial charge in [-0.05, 0) is 55.2 Å². The van der Waals surface area contributed by atoms with Crippen LogP contribution in [0, 0.1) is 11.6 Å². The van der Waals surface area contributed by atoms with Gasteiger partial charge in [0.05, 0.1) is 11.9 Å². The molecular weight excluding hydrogens is 584 g/mol. The Kier molecular flexibility index (Phi) is 11.9. The van der Waals surface area contributed by atoms with E-state index in [0.717, 1.165) is 33.8 Å². The predicted octanol–water partition coefficient (Wildman–Crippen LogP) is 5.72. The molecular formula is C31H36ClF2N3O4S. The highest BCUT2D eigenvalue weighted by molar-refractivity contribution is 7.92. The Balaban J connectivity index is 1.90. The van der Waals surface area contributed by atoms with E-state index in [0.29, 0.717) is 11.4 Å². The molecule has 42 heavy (non-hydrogen) atoms. The Bertz CT molecular complexity index is 1470. The van der Waals surface area contributed by atoms with Crippen LogP contribution in [0.4, 0.5) is 14.5 Å². The van der Waals surface area contributed by atoms with E-state index >= 15 is 0 Å². The third-order valence-electron chi connectivity index (χ3n) is 6.86. The van der Waals surface area contributed by atoms with Crippen molar-refractivity contribution >= 4 is 39.1 Å². The van der Waals surface area contributed by atoms with Gasteiger partial charge < -0.3 is 10.2 Å². The van der Waals surface area contributed by atoms with Gasteiger partial charge >= 0.3 is 0 Å². The fourth-order valence-electron chi connectivity index (χ4n) is 4.47. The van der Waals surface area contributed by atoms with Crippen LogP contribution in [-0.2, 0) is 32.6 Å². The summed E-state index contributed by atoms with van der Waals surface area (Å²) in [6.07, 6.45) is 1.90. The number of halogens is 3. The lowest BCUT2D eigenvalue weighted by Crippen LogP contribution is -2.52. The molecule has 0 aromatic heterocycles. The van der Waals surface area contributed by atoms with Gasteiger partial charge in [0.15, 0.2) is 11.6 Å². The van der Waals surface area contributed by atoms with E-state index in [1.165, 1.54) is 11.0 Å². The van der Waals surface area contributed by atoms with Crippen LogP contribution in [0.15, 0.2) is 72.8 Å². The van der Waals surface area contributed by atoms with Gasteiger partial charge in [-0.2, -0.15) is 0 Å². The first-order valence-electron chi connectivity index (χ1n) is 13.7. The van der Waals surface area contributed by atoms with Crippen LogP contribution in [0.1, 0.15) is 44.2 Å². The summed E-state index contributed by atoms with van der Waals surface area (Å²) in [5.41, 5.74) is 1.55. The molecule has 0 radical (unpaired) electrons. The highest BCUT2D eigenvalue weighted by atomic mass is 35.5. The van der Waals surface area contributed by atoms with Crippen LogP contribution < -0.4 is 9.62 Å². The van der Waals surface area contributed by atoms with E-state index in [1.54, 1.807) is 18.2 Å². The number of hydrogen-bond donors (Lipinski definition) is 1. The van der Waals surface area contributed by atoms with Crippen molar-refractivity contribution in [3.8, 4) is 0 Å². The van der Waals surface area contributed by atoms with E-state index in [4.69, 9.17) is 11.6 Å². The monoisotopic (exact) mass is 619 g/mol. The molecule has 3 aromatic carbocycles. The molecule has 1 N–H and O–H groups in total. The first-order chi connectivity index (χ1) is 19.9. The van der Waals surface area contributed by atoms with Gasteiger partial charge in [0.25, 0.3) is 0 Å². The molecule has 0 saturated heterocycles. The smallest absolute Gasteiger partial charge is 0.243 e. The van der Waals surface area contributed by atoms with Crippen molar-refractivity contribution in [3.63, 3.8) is 0 Å². The van der Waals surface area contributed by atoms with Crippen molar-refractivity contribution < 1.29 is 26.8 Å². The quantitative estimate of drug-likeness (QED) is 0.250. The lowest BCUT2D eigenvalue weighted by Gasteiger charge is -2.32. The summed E-state index contributed by atoms with van der Waals surface area (Å²) in [6, 6.07) is 18.2. The number of sulfonamides is 1. The Morgan fingerprint density at radius 2 is 1.64 bits per heavy atom. The van der Waals surface area contributed by atoms with Crippen LogP contribution in [0.3, 0.4) is 0 Å². The van der Waals surface area contributed by atoms with E-state index in [1.807, 2.05) is 50.2 Å². The maximum atomic E-state index is 13.9. The number of nitrogens with one attached hydrogen (secondary N) is 1. The lowest BCUT2D eigenvalue weighted by atomic mass is 10.0. The fourth-order valence-corrected chi connectivity index (χ4v) is 5.64. The molecule has 11 heteroatoms. The molecule has 226 valence electrons. The Hall–Kier alpha value is -3.50. The first kappa shape index (κ1) is 33.0. The molecule has 3 rings (SSSR count). The second kappa shape index (κ2) is 15.1. The fraction of sp³-hybridized carbons (Fsp3) is 0.355. The van der Waals surface area contributed by atoms with Gasteiger partial charge in [-0.15, -0.1) is 0 Å². The third-order valence-corrected chi connectivity index (χ3v) is 8.29. The Labute approximate surface area is 251 Å². The minimum absolute atomic E-state index is 0.0467. The molecule has 3 aromatic rings.